The molecule has 0 aromatic heterocycles. The fraction of sp³-hybridized carbons (Fsp3) is 0.179. The quantitative estimate of drug-likeness (QED) is 0.0733. The topological polar surface area (TPSA) is 108 Å². The molecule has 0 bridgehead atoms. The van der Waals surface area contributed by atoms with E-state index in [1.807, 2.05) is 109 Å². The first-order valence-corrected chi connectivity index (χ1v) is 17.0. The van der Waals surface area contributed by atoms with Crippen LogP contribution in [0.1, 0.15) is 48.3 Å². The minimum atomic E-state index is -4.50. The standard InChI is InChI=1S/C39H36N4O3S/c40-27-9-11-29-42(33-13-3-1-4-14-33)35-23-19-31(20-24-35)39(37-17-7-8-18-38(37)47(44,45)46)32-21-25-36(26-22-32)43(30-12-10-28-41)34-15-5-2-6-16-34/h1-8,13-26,39H,9-12,29-30H2,(H,44,45,46). The molecule has 0 amide bonds. The Balaban J connectivity index is 1.56. The molecular weight excluding hydrogens is 605 g/mol. The summed E-state index contributed by atoms with van der Waals surface area (Å²) in [6.07, 6.45) is 2.32. The second-order valence-corrected chi connectivity index (χ2v) is 12.5. The van der Waals surface area contributed by atoms with Crippen LogP contribution in [0.15, 0.2) is 138 Å². The van der Waals surface area contributed by atoms with Crippen molar-refractivity contribution in [2.45, 2.75) is 36.5 Å². The molecule has 0 heterocycles. The molecule has 5 aromatic rings. The van der Waals surface area contributed by atoms with Crippen molar-refractivity contribution in [2.24, 2.45) is 0 Å². The number of rotatable bonds is 14. The summed E-state index contributed by atoms with van der Waals surface area (Å²) in [6, 6.07) is 47.0. The lowest BCUT2D eigenvalue weighted by Gasteiger charge is -2.27. The Morgan fingerprint density at radius 2 is 0.936 bits per heavy atom. The number of benzene rings is 5. The fourth-order valence-electron chi connectivity index (χ4n) is 5.86. The molecule has 47 heavy (non-hydrogen) atoms. The number of hydrogen-bond donors (Lipinski definition) is 1. The average molecular weight is 641 g/mol. The molecule has 7 nitrogen and oxygen atoms in total. The van der Waals surface area contributed by atoms with Crippen LogP contribution >= 0.6 is 0 Å². The summed E-state index contributed by atoms with van der Waals surface area (Å²) in [5.41, 5.74) is 6.11. The second-order valence-electron chi connectivity index (χ2n) is 11.1. The third kappa shape index (κ3) is 8.25. The summed E-state index contributed by atoms with van der Waals surface area (Å²) in [5, 5.41) is 18.2. The van der Waals surface area contributed by atoms with Crippen molar-refractivity contribution >= 4 is 32.9 Å². The molecule has 0 aliphatic rings. The van der Waals surface area contributed by atoms with E-state index in [4.69, 9.17) is 10.5 Å². The minimum Gasteiger partial charge on any atom is -0.341 e. The molecule has 0 fully saturated rings. The molecule has 0 radical (unpaired) electrons. The Morgan fingerprint density at radius 3 is 1.34 bits per heavy atom. The first kappa shape index (κ1) is 33.0. The zero-order valence-electron chi connectivity index (χ0n) is 26.0. The maximum Gasteiger partial charge on any atom is 0.294 e. The molecule has 0 saturated carbocycles. The molecule has 5 rings (SSSR count). The van der Waals surface area contributed by atoms with Crippen molar-refractivity contribution in [1.29, 1.82) is 10.5 Å². The van der Waals surface area contributed by atoms with Crippen LogP contribution in [0.25, 0.3) is 0 Å². The third-order valence-corrected chi connectivity index (χ3v) is 8.99. The third-order valence-electron chi connectivity index (χ3n) is 8.06. The molecule has 0 saturated heterocycles. The summed E-state index contributed by atoms with van der Waals surface area (Å²) in [4.78, 5) is 4.20. The van der Waals surface area contributed by atoms with Gasteiger partial charge in [0.05, 0.1) is 17.0 Å². The van der Waals surface area contributed by atoms with Crippen LogP contribution in [0.5, 0.6) is 0 Å². The van der Waals surface area contributed by atoms with Crippen LogP contribution < -0.4 is 9.80 Å². The van der Waals surface area contributed by atoms with E-state index < -0.39 is 16.0 Å². The van der Waals surface area contributed by atoms with Crippen molar-refractivity contribution in [1.82, 2.24) is 0 Å². The highest BCUT2D eigenvalue weighted by atomic mass is 32.2. The Morgan fingerprint density at radius 1 is 0.553 bits per heavy atom. The summed E-state index contributed by atoms with van der Waals surface area (Å²) >= 11 is 0. The van der Waals surface area contributed by atoms with E-state index >= 15 is 0 Å². The van der Waals surface area contributed by atoms with E-state index in [0.717, 1.165) is 33.9 Å². The molecule has 8 heteroatoms. The average Bonchev–Trinajstić information content (AvgIpc) is 3.10. The van der Waals surface area contributed by atoms with Gasteiger partial charge in [-0.1, -0.05) is 78.9 Å². The van der Waals surface area contributed by atoms with Gasteiger partial charge >= 0.3 is 0 Å². The molecule has 5 aromatic carbocycles. The van der Waals surface area contributed by atoms with Gasteiger partial charge in [-0.15, -0.1) is 0 Å². The molecule has 0 aliphatic carbocycles. The number of nitrogens with zero attached hydrogens (tertiary/aromatic N) is 4. The largest absolute Gasteiger partial charge is 0.341 e. The van der Waals surface area contributed by atoms with E-state index in [2.05, 4.69) is 21.9 Å². The highest BCUT2D eigenvalue weighted by Gasteiger charge is 2.25. The molecule has 0 spiro atoms. The number of unbranched alkanes of at least 4 members (excludes halogenated alkanes) is 2. The van der Waals surface area contributed by atoms with Crippen molar-refractivity contribution in [3.63, 3.8) is 0 Å². The summed E-state index contributed by atoms with van der Waals surface area (Å²) in [6.45, 7) is 1.33. The number of para-hydroxylation sites is 2. The second kappa shape index (κ2) is 15.7. The fourth-order valence-corrected chi connectivity index (χ4v) is 6.60. The minimum absolute atomic E-state index is 0.136. The van der Waals surface area contributed by atoms with Crippen molar-refractivity contribution < 1.29 is 13.0 Å². The Labute approximate surface area is 277 Å². The highest BCUT2D eigenvalue weighted by Crippen LogP contribution is 2.38. The van der Waals surface area contributed by atoms with E-state index in [-0.39, 0.29) is 4.90 Å². The van der Waals surface area contributed by atoms with Gasteiger partial charge in [0.15, 0.2) is 0 Å². The summed E-state index contributed by atoms with van der Waals surface area (Å²) in [7, 11) is -4.50. The van der Waals surface area contributed by atoms with Crippen LogP contribution in [0.4, 0.5) is 22.7 Å². The van der Waals surface area contributed by atoms with Crippen molar-refractivity contribution in [3.8, 4) is 12.1 Å². The maximum atomic E-state index is 12.6. The Kier molecular flexibility index (Phi) is 11.0. The van der Waals surface area contributed by atoms with Gasteiger partial charge in [0, 0.05) is 54.6 Å². The SMILES string of the molecule is N#CCCCN(c1ccccc1)c1ccc(C(c2ccc(N(CCCC#N)c3ccccc3)cc2)c2ccccc2S(=O)(=O)O)cc1. The van der Waals surface area contributed by atoms with Crippen LogP contribution in [0.2, 0.25) is 0 Å². The predicted molar refractivity (Wildman–Crippen MR) is 187 cm³/mol. The Bertz CT molecular complexity index is 1830. The maximum absolute atomic E-state index is 12.6. The Hall–Kier alpha value is -5.41. The molecule has 0 aliphatic heterocycles. The summed E-state index contributed by atoms with van der Waals surface area (Å²) < 4.78 is 35.4. The van der Waals surface area contributed by atoms with Gasteiger partial charge in [-0.2, -0.15) is 18.9 Å². The van der Waals surface area contributed by atoms with E-state index in [0.29, 0.717) is 44.3 Å². The summed E-state index contributed by atoms with van der Waals surface area (Å²) in [5.74, 6) is -0.497. The van der Waals surface area contributed by atoms with Gasteiger partial charge in [0.25, 0.3) is 10.1 Å². The first-order chi connectivity index (χ1) is 22.9. The van der Waals surface area contributed by atoms with E-state index in [9.17, 15) is 13.0 Å². The molecular formula is C39H36N4O3S. The van der Waals surface area contributed by atoms with Crippen molar-refractivity contribution in [3.05, 3.63) is 150 Å². The number of nitriles is 2. The predicted octanol–water partition coefficient (Wildman–Crippen LogP) is 9.00. The van der Waals surface area contributed by atoms with Gasteiger partial charge in [0.1, 0.15) is 0 Å². The molecule has 0 atom stereocenters. The first-order valence-electron chi connectivity index (χ1n) is 15.6. The van der Waals surface area contributed by atoms with Crippen LogP contribution in [0.3, 0.4) is 0 Å². The zero-order chi connectivity index (χ0) is 33.1. The van der Waals surface area contributed by atoms with Crippen LogP contribution in [-0.4, -0.2) is 26.1 Å². The van der Waals surface area contributed by atoms with E-state index in [1.54, 1.807) is 18.2 Å². The number of anilines is 4. The van der Waals surface area contributed by atoms with E-state index in [1.165, 1.54) is 6.07 Å². The lowest BCUT2D eigenvalue weighted by Crippen LogP contribution is -2.19. The van der Waals surface area contributed by atoms with Crippen molar-refractivity contribution in [2.75, 3.05) is 22.9 Å². The van der Waals surface area contributed by atoms with Gasteiger partial charge in [-0.3, -0.25) is 4.55 Å². The highest BCUT2D eigenvalue weighted by molar-refractivity contribution is 7.85. The van der Waals surface area contributed by atoms with Crippen LogP contribution in [-0.2, 0) is 10.1 Å². The lowest BCUT2D eigenvalue weighted by molar-refractivity contribution is 0.482. The monoisotopic (exact) mass is 640 g/mol. The van der Waals surface area contributed by atoms with Crippen LogP contribution in [0, 0.1) is 22.7 Å². The molecule has 0 unspecified atom stereocenters. The van der Waals surface area contributed by atoms with Gasteiger partial charge in [-0.25, -0.2) is 0 Å². The molecule has 236 valence electrons. The van der Waals surface area contributed by atoms with Gasteiger partial charge < -0.3 is 9.80 Å². The molecule has 1 N–H and O–H groups in total. The van der Waals surface area contributed by atoms with Gasteiger partial charge in [-0.05, 0) is 84.1 Å². The van der Waals surface area contributed by atoms with Gasteiger partial charge in [0.2, 0.25) is 0 Å². The number of hydrogen-bond acceptors (Lipinski definition) is 6. The zero-order valence-corrected chi connectivity index (χ0v) is 26.8. The normalized spacial score (nSPS) is 11.1. The smallest absolute Gasteiger partial charge is 0.294 e. The lowest BCUT2D eigenvalue weighted by atomic mass is 9.85.